The van der Waals surface area contributed by atoms with Crippen molar-refractivity contribution in [2.24, 2.45) is 0 Å². The molecule has 11 rings (SSSR count). The predicted molar refractivity (Wildman–Crippen MR) is 303 cm³/mol. The van der Waals surface area contributed by atoms with Crippen molar-refractivity contribution < 1.29 is 4.42 Å². The lowest BCUT2D eigenvalue weighted by atomic mass is 9.33. The summed E-state index contributed by atoms with van der Waals surface area (Å²) in [6, 6.07) is 51.6. The average molecular weight is 910 g/mol. The molecule has 9 aromatic rings. The highest BCUT2D eigenvalue weighted by Gasteiger charge is 2.45. The van der Waals surface area contributed by atoms with Gasteiger partial charge < -0.3 is 18.8 Å². The summed E-state index contributed by atoms with van der Waals surface area (Å²) in [5.74, 6) is 0. The van der Waals surface area contributed by atoms with E-state index in [1.807, 2.05) is 30.4 Å². The number of fused-ring (bicyclic) bond motifs is 6. The van der Waals surface area contributed by atoms with Gasteiger partial charge in [0.05, 0.1) is 16.9 Å². The Bertz CT molecular complexity index is 3760. The Hall–Kier alpha value is -7.76. The summed E-state index contributed by atoms with van der Waals surface area (Å²) in [5.41, 5.74) is 23.5. The Balaban J connectivity index is 1.29. The first-order valence-electron chi connectivity index (χ1n) is 24.6. The molecule has 2 aliphatic heterocycles. The largest absolute Gasteiger partial charge is 0.455 e. The molecule has 4 heterocycles. The highest BCUT2D eigenvalue weighted by molar-refractivity contribution is 7.00. The number of rotatable bonds is 7. The van der Waals surface area contributed by atoms with Gasteiger partial charge >= 0.3 is 0 Å². The van der Waals surface area contributed by atoms with Crippen molar-refractivity contribution in [2.75, 3.05) is 9.80 Å². The number of para-hydroxylation sites is 3. The minimum absolute atomic E-state index is 0.0595. The van der Waals surface area contributed by atoms with Crippen molar-refractivity contribution in [2.45, 2.75) is 73.1 Å². The fraction of sp³-hybridized carbons (Fsp3) is 0.169. The van der Waals surface area contributed by atoms with Crippen LogP contribution in [0.3, 0.4) is 0 Å². The lowest BCUT2D eigenvalue weighted by Gasteiger charge is -2.46. The molecule has 0 spiro atoms. The maximum Gasteiger partial charge on any atom is 0.252 e. The zero-order valence-electron chi connectivity index (χ0n) is 42.0. The second-order valence-corrected chi connectivity index (χ2v) is 21.2. The number of hydrogen-bond acceptors (Lipinski definition) is 3. The number of hydrogen-bond donors (Lipinski definition) is 0. The predicted octanol–water partition coefficient (Wildman–Crippen LogP) is 14.1. The molecule has 0 aliphatic carbocycles. The van der Waals surface area contributed by atoms with Gasteiger partial charge in [-0.3, -0.25) is 0 Å². The van der Waals surface area contributed by atoms with Gasteiger partial charge in [0.25, 0.3) is 6.71 Å². The number of anilines is 6. The fourth-order valence-corrected chi connectivity index (χ4v) is 11.3. The molecule has 0 unspecified atom stereocenters. The fourth-order valence-electron chi connectivity index (χ4n) is 11.3. The van der Waals surface area contributed by atoms with Crippen LogP contribution in [0.1, 0.15) is 87.5 Å². The first kappa shape index (κ1) is 44.7. The van der Waals surface area contributed by atoms with Gasteiger partial charge in [-0.15, -0.1) is 0 Å². The summed E-state index contributed by atoms with van der Waals surface area (Å²) in [5, 5.41) is 3.06. The third-order valence-electron chi connectivity index (χ3n) is 14.7. The van der Waals surface area contributed by atoms with Crippen LogP contribution in [0.25, 0.3) is 51.9 Å². The van der Waals surface area contributed by atoms with Crippen molar-refractivity contribution in [3.05, 3.63) is 215 Å². The topological polar surface area (TPSA) is 24.6 Å². The number of allylic oxidation sites excluding steroid dienone is 2. The van der Waals surface area contributed by atoms with Crippen LogP contribution in [0.5, 0.6) is 0 Å². The molecule has 2 aliphatic rings. The molecule has 0 atom stereocenters. The van der Waals surface area contributed by atoms with Gasteiger partial charge in [-0.1, -0.05) is 152 Å². The second kappa shape index (κ2) is 16.4. The van der Waals surface area contributed by atoms with E-state index >= 15 is 0 Å². The van der Waals surface area contributed by atoms with Gasteiger partial charge in [-0.25, -0.2) is 0 Å². The smallest absolute Gasteiger partial charge is 0.252 e. The quantitative estimate of drug-likeness (QED) is 0.149. The monoisotopic (exact) mass is 909 g/mol. The van der Waals surface area contributed by atoms with Gasteiger partial charge in [0, 0.05) is 61.3 Å². The summed E-state index contributed by atoms with van der Waals surface area (Å²) in [6.45, 7) is 33.8. The summed E-state index contributed by atoms with van der Waals surface area (Å²) in [7, 11) is 0. The van der Waals surface area contributed by atoms with Crippen LogP contribution in [0.4, 0.5) is 34.1 Å². The van der Waals surface area contributed by atoms with E-state index in [1.165, 1.54) is 50.0 Å². The van der Waals surface area contributed by atoms with Crippen molar-refractivity contribution in [3.8, 4) is 5.69 Å². The number of benzene rings is 7. The Morgan fingerprint density at radius 2 is 1.21 bits per heavy atom. The van der Waals surface area contributed by atoms with Crippen molar-refractivity contribution >= 4 is 103 Å². The van der Waals surface area contributed by atoms with Crippen LogP contribution in [0.2, 0.25) is 0 Å². The van der Waals surface area contributed by atoms with Crippen LogP contribution in [0.15, 0.2) is 169 Å². The van der Waals surface area contributed by atoms with Crippen molar-refractivity contribution in [1.82, 2.24) is 4.57 Å². The molecular formula is C65H60BN3O. The Kier molecular flexibility index (Phi) is 10.5. The molecule has 2 aromatic heterocycles. The SMILES string of the molecule is C=C/C(c1cc(C)c(N2c3cc4c(cc3B3c5ccc(C(C)(C)C)cc5N(c5ccccc5)c5cc(C(C)(C)C)cc2c53)c(/C=C\C)c(C=C)n4-c2ccccc2)c(C)c1)=c1/oc2ccccc2c1=C. The van der Waals surface area contributed by atoms with Gasteiger partial charge in [-0.05, 0) is 149 Å². The highest BCUT2D eigenvalue weighted by Crippen LogP contribution is 2.49. The van der Waals surface area contributed by atoms with Gasteiger partial charge in [0.2, 0.25) is 0 Å². The first-order valence-corrected chi connectivity index (χ1v) is 24.6. The minimum Gasteiger partial charge on any atom is -0.455 e. The van der Waals surface area contributed by atoms with Crippen LogP contribution in [-0.2, 0) is 10.8 Å². The Labute approximate surface area is 413 Å². The van der Waals surface area contributed by atoms with Gasteiger partial charge in [-0.2, -0.15) is 0 Å². The summed E-state index contributed by atoms with van der Waals surface area (Å²) >= 11 is 0. The molecule has 0 N–H and O–H groups in total. The van der Waals surface area contributed by atoms with Crippen molar-refractivity contribution in [3.63, 3.8) is 0 Å². The molecule has 5 heteroatoms. The zero-order valence-corrected chi connectivity index (χ0v) is 42.0. The second-order valence-electron chi connectivity index (χ2n) is 21.2. The van der Waals surface area contributed by atoms with Gasteiger partial charge in [0.15, 0.2) is 0 Å². The molecule has 0 saturated heterocycles. The third-order valence-corrected chi connectivity index (χ3v) is 14.7. The molecule has 0 bridgehead atoms. The molecular weight excluding hydrogens is 850 g/mol. The average Bonchev–Trinajstić information content (AvgIpc) is 3.83. The molecule has 4 nitrogen and oxygen atoms in total. The number of aryl methyl sites for hydroxylation is 2. The van der Waals surface area contributed by atoms with E-state index in [4.69, 9.17) is 4.42 Å². The van der Waals surface area contributed by atoms with E-state index in [2.05, 4.69) is 230 Å². The molecule has 7 aromatic carbocycles. The number of nitrogens with zero attached hydrogens (tertiary/aromatic N) is 3. The van der Waals surface area contributed by atoms with Crippen LogP contribution < -0.4 is 36.8 Å². The number of aromatic nitrogens is 1. The standard InChI is InChI=1S/C65H60BN3O/c1-13-24-50-51-38-53-57(39-55(51)67(54(50)15-3)46-25-18-16-19-26-46)69(62-40(4)33-43(34-41(62)5)48(14-2)63-42(6)49-29-22-23-30-60(49)70-63)59-37-45(65(10,11)12)36-58-61(59)66(53)52-32-31-44(64(7,8)9)35-56(52)68(58)47-27-20-17-21-28-47/h13-39H,2-3,6H2,1,4-5,7-12H3/b24-13-,63-48-. The molecule has 0 amide bonds. The van der Waals surface area contributed by atoms with E-state index in [9.17, 15) is 0 Å². The lowest BCUT2D eigenvalue weighted by Crippen LogP contribution is -2.61. The van der Waals surface area contributed by atoms with E-state index in [-0.39, 0.29) is 17.5 Å². The van der Waals surface area contributed by atoms with Crippen LogP contribution >= 0.6 is 0 Å². The maximum atomic E-state index is 6.54. The van der Waals surface area contributed by atoms with Crippen molar-refractivity contribution in [1.29, 1.82) is 0 Å². The van der Waals surface area contributed by atoms with Gasteiger partial charge in [0.1, 0.15) is 11.0 Å². The minimum atomic E-state index is -0.171. The molecule has 70 heavy (non-hydrogen) atoms. The van der Waals surface area contributed by atoms with Crippen LogP contribution in [0, 0.1) is 13.8 Å². The summed E-state index contributed by atoms with van der Waals surface area (Å²) < 4.78 is 8.93. The summed E-state index contributed by atoms with van der Waals surface area (Å²) in [4.78, 5) is 5.14. The van der Waals surface area contributed by atoms with E-state index in [0.29, 0.717) is 0 Å². The molecule has 0 radical (unpaired) electrons. The first-order chi connectivity index (χ1) is 33.6. The van der Waals surface area contributed by atoms with E-state index in [1.54, 1.807) is 0 Å². The Morgan fingerprint density at radius 1 is 0.614 bits per heavy atom. The molecule has 0 saturated carbocycles. The Morgan fingerprint density at radius 3 is 1.83 bits per heavy atom. The van der Waals surface area contributed by atoms with E-state index in [0.717, 1.165) is 83.4 Å². The van der Waals surface area contributed by atoms with E-state index < -0.39 is 0 Å². The summed E-state index contributed by atoms with van der Waals surface area (Å²) in [6.07, 6.45) is 8.34. The number of furan rings is 1. The highest BCUT2D eigenvalue weighted by atomic mass is 16.3. The normalized spacial score (nSPS) is 13.8. The zero-order chi connectivity index (χ0) is 49.0. The third kappa shape index (κ3) is 6.89. The maximum absolute atomic E-state index is 6.54. The van der Waals surface area contributed by atoms with Crippen LogP contribution in [-0.4, -0.2) is 11.3 Å². The lowest BCUT2D eigenvalue weighted by molar-refractivity contribution is 0.573. The molecule has 344 valence electrons. The molecule has 0 fully saturated rings.